The molecule has 0 saturated carbocycles. The molecule has 2 rings (SSSR count). The highest BCUT2D eigenvalue weighted by Gasteiger charge is 2.42. The van der Waals surface area contributed by atoms with Crippen LogP contribution >= 0.6 is 0 Å². The summed E-state index contributed by atoms with van der Waals surface area (Å²) < 4.78 is 12.9. The Labute approximate surface area is 130 Å². The molecule has 0 spiro atoms. The van der Waals surface area contributed by atoms with Crippen LogP contribution < -0.4 is 0 Å². The fourth-order valence-electron chi connectivity index (χ4n) is 2.70. The molecule has 1 aromatic carbocycles. The number of likely N-dealkylation sites (N-methyl/N-ethyl adjacent to an activating group) is 1. The highest BCUT2D eigenvalue weighted by molar-refractivity contribution is 6.04. The number of carbonyl (C=O) groups is 2. The third-order valence-electron chi connectivity index (χ3n) is 4.06. The summed E-state index contributed by atoms with van der Waals surface area (Å²) >= 11 is 0. The lowest BCUT2D eigenvalue weighted by atomic mass is 10.0. The molecule has 0 N–H and O–H groups in total. The highest BCUT2D eigenvalue weighted by atomic mass is 19.1. The van der Waals surface area contributed by atoms with Crippen LogP contribution in [0.25, 0.3) is 0 Å². The molecule has 1 aliphatic rings. The fourth-order valence-corrected chi connectivity index (χ4v) is 2.70. The minimum atomic E-state index is -0.489. The predicted molar refractivity (Wildman–Crippen MR) is 82.8 cm³/mol. The van der Waals surface area contributed by atoms with E-state index in [1.54, 1.807) is 19.2 Å². The summed E-state index contributed by atoms with van der Waals surface area (Å²) in [5, 5.41) is 0. The van der Waals surface area contributed by atoms with E-state index in [2.05, 4.69) is 13.8 Å². The molecule has 0 radical (unpaired) electrons. The van der Waals surface area contributed by atoms with Gasteiger partial charge in [-0.05, 0) is 36.5 Å². The average Bonchev–Trinajstić information content (AvgIpc) is 2.66. The van der Waals surface area contributed by atoms with E-state index in [9.17, 15) is 14.0 Å². The molecule has 4 nitrogen and oxygen atoms in total. The Morgan fingerprint density at radius 2 is 1.82 bits per heavy atom. The van der Waals surface area contributed by atoms with Crippen LogP contribution in [0, 0.1) is 11.7 Å². The van der Waals surface area contributed by atoms with Crippen LogP contribution in [0.15, 0.2) is 24.3 Å². The molecule has 1 aromatic rings. The predicted octanol–water partition coefficient (Wildman–Crippen LogP) is 3.07. The van der Waals surface area contributed by atoms with Crippen LogP contribution in [0.1, 0.15) is 32.3 Å². The van der Waals surface area contributed by atoms with Gasteiger partial charge in [-0.2, -0.15) is 0 Å². The number of hydrogen-bond donors (Lipinski definition) is 0. The van der Waals surface area contributed by atoms with E-state index >= 15 is 0 Å². The molecule has 1 aliphatic heterocycles. The molecule has 120 valence electrons. The molecule has 0 aliphatic carbocycles. The van der Waals surface area contributed by atoms with Gasteiger partial charge in [0.25, 0.3) is 5.91 Å². The Balaban J connectivity index is 2.01. The Kier molecular flexibility index (Phi) is 5.16. The highest BCUT2D eigenvalue weighted by Crippen LogP contribution is 2.21. The lowest BCUT2D eigenvalue weighted by Crippen LogP contribution is -2.33. The van der Waals surface area contributed by atoms with Crippen LogP contribution in [0.4, 0.5) is 9.18 Å². The third kappa shape index (κ3) is 3.64. The fraction of sp³-hybridized carbons (Fsp3) is 0.529. The van der Waals surface area contributed by atoms with Gasteiger partial charge in [0.15, 0.2) is 0 Å². The number of imide groups is 1. The number of carbonyl (C=O) groups excluding carboxylic acids is 2. The first-order chi connectivity index (χ1) is 10.4. The molecule has 5 heteroatoms. The van der Waals surface area contributed by atoms with E-state index in [-0.39, 0.29) is 17.8 Å². The number of urea groups is 1. The first-order valence-corrected chi connectivity index (χ1v) is 7.72. The number of benzene rings is 1. The number of rotatable bonds is 6. The maximum absolute atomic E-state index is 12.9. The Morgan fingerprint density at radius 1 is 1.18 bits per heavy atom. The SMILES string of the molecule is CC(C)CCCN1C(=O)C(Cc2ccc(F)cc2)N(C)C1=O. The zero-order valence-electron chi connectivity index (χ0n) is 13.4. The van der Waals surface area contributed by atoms with Crippen molar-refractivity contribution in [2.24, 2.45) is 5.92 Å². The second-order valence-electron chi connectivity index (χ2n) is 6.27. The first-order valence-electron chi connectivity index (χ1n) is 7.72. The summed E-state index contributed by atoms with van der Waals surface area (Å²) in [5.74, 6) is 0.0994. The molecule has 1 fully saturated rings. The zero-order chi connectivity index (χ0) is 16.3. The number of amides is 3. The Bertz CT molecular complexity index is 542. The van der Waals surface area contributed by atoms with Gasteiger partial charge in [0, 0.05) is 20.0 Å². The quantitative estimate of drug-likeness (QED) is 0.758. The summed E-state index contributed by atoms with van der Waals surface area (Å²) in [6, 6.07) is 5.33. The van der Waals surface area contributed by atoms with Gasteiger partial charge in [-0.1, -0.05) is 26.0 Å². The van der Waals surface area contributed by atoms with Crippen molar-refractivity contribution < 1.29 is 14.0 Å². The second-order valence-corrected chi connectivity index (χ2v) is 6.27. The minimum absolute atomic E-state index is 0.152. The second kappa shape index (κ2) is 6.90. The van der Waals surface area contributed by atoms with Crippen molar-refractivity contribution in [3.63, 3.8) is 0 Å². The summed E-state index contributed by atoms with van der Waals surface area (Å²) in [6.45, 7) is 4.72. The molecule has 22 heavy (non-hydrogen) atoms. The van der Waals surface area contributed by atoms with Gasteiger partial charge < -0.3 is 4.90 Å². The molecular formula is C17H23FN2O2. The summed E-state index contributed by atoms with van der Waals surface area (Å²) in [5.41, 5.74) is 0.850. The van der Waals surface area contributed by atoms with Gasteiger partial charge in [-0.15, -0.1) is 0 Å². The minimum Gasteiger partial charge on any atom is -0.315 e. The van der Waals surface area contributed by atoms with Crippen LogP contribution in [0.2, 0.25) is 0 Å². The van der Waals surface area contributed by atoms with E-state index in [0.29, 0.717) is 18.9 Å². The van der Waals surface area contributed by atoms with Gasteiger partial charge >= 0.3 is 6.03 Å². The first kappa shape index (κ1) is 16.5. The smallest absolute Gasteiger partial charge is 0.315 e. The zero-order valence-corrected chi connectivity index (χ0v) is 13.4. The van der Waals surface area contributed by atoms with Crippen LogP contribution in [0.5, 0.6) is 0 Å². The van der Waals surface area contributed by atoms with Crippen molar-refractivity contribution in [3.8, 4) is 0 Å². The average molecular weight is 306 g/mol. The Hall–Kier alpha value is -1.91. The van der Waals surface area contributed by atoms with E-state index in [4.69, 9.17) is 0 Å². The molecule has 1 atom stereocenters. The van der Waals surface area contributed by atoms with Crippen molar-refractivity contribution in [3.05, 3.63) is 35.6 Å². The summed E-state index contributed by atoms with van der Waals surface area (Å²) in [7, 11) is 1.65. The van der Waals surface area contributed by atoms with Crippen molar-refractivity contribution in [2.75, 3.05) is 13.6 Å². The third-order valence-corrected chi connectivity index (χ3v) is 4.06. The van der Waals surface area contributed by atoms with Gasteiger partial charge in [0.2, 0.25) is 0 Å². The lowest BCUT2D eigenvalue weighted by molar-refractivity contribution is -0.128. The van der Waals surface area contributed by atoms with Crippen LogP contribution in [-0.2, 0) is 11.2 Å². The number of halogens is 1. The van der Waals surface area contributed by atoms with Gasteiger partial charge in [-0.25, -0.2) is 9.18 Å². The number of hydrogen-bond acceptors (Lipinski definition) is 2. The molecule has 1 unspecified atom stereocenters. The molecule has 3 amide bonds. The molecule has 1 saturated heterocycles. The van der Waals surface area contributed by atoms with E-state index in [1.807, 2.05) is 0 Å². The van der Waals surface area contributed by atoms with Crippen LogP contribution in [-0.4, -0.2) is 41.4 Å². The maximum Gasteiger partial charge on any atom is 0.327 e. The van der Waals surface area contributed by atoms with Crippen molar-refractivity contribution in [1.82, 2.24) is 9.80 Å². The molecule has 1 heterocycles. The summed E-state index contributed by atoms with van der Waals surface area (Å²) in [4.78, 5) is 27.5. The Morgan fingerprint density at radius 3 is 2.41 bits per heavy atom. The molecule has 0 bridgehead atoms. The van der Waals surface area contributed by atoms with Crippen LogP contribution in [0.3, 0.4) is 0 Å². The van der Waals surface area contributed by atoms with Crippen molar-refractivity contribution >= 4 is 11.9 Å². The number of nitrogens with zero attached hydrogens (tertiary/aromatic N) is 2. The van der Waals surface area contributed by atoms with E-state index in [1.165, 1.54) is 21.9 Å². The topological polar surface area (TPSA) is 40.6 Å². The van der Waals surface area contributed by atoms with E-state index < -0.39 is 6.04 Å². The van der Waals surface area contributed by atoms with Gasteiger partial charge in [0.1, 0.15) is 11.9 Å². The van der Waals surface area contributed by atoms with Gasteiger partial charge in [0.05, 0.1) is 0 Å². The van der Waals surface area contributed by atoms with E-state index in [0.717, 1.165) is 18.4 Å². The standard InChI is InChI=1S/C17H23FN2O2/c1-12(2)5-4-10-20-16(21)15(19(3)17(20)22)11-13-6-8-14(18)9-7-13/h6-9,12,15H,4-5,10-11H2,1-3H3. The molecular weight excluding hydrogens is 283 g/mol. The van der Waals surface area contributed by atoms with Gasteiger partial charge in [-0.3, -0.25) is 9.69 Å². The van der Waals surface area contributed by atoms with Crippen molar-refractivity contribution in [1.29, 1.82) is 0 Å². The monoisotopic (exact) mass is 306 g/mol. The van der Waals surface area contributed by atoms with Crippen molar-refractivity contribution in [2.45, 2.75) is 39.2 Å². The normalized spacial score (nSPS) is 18.7. The maximum atomic E-state index is 12.9. The lowest BCUT2D eigenvalue weighted by Gasteiger charge is -2.15. The summed E-state index contributed by atoms with van der Waals surface area (Å²) in [6.07, 6.45) is 2.23. The largest absolute Gasteiger partial charge is 0.327 e. The molecule has 0 aromatic heterocycles.